The summed E-state index contributed by atoms with van der Waals surface area (Å²) in [6.45, 7) is 6.75. The summed E-state index contributed by atoms with van der Waals surface area (Å²) in [5.41, 5.74) is 1.04. The van der Waals surface area contributed by atoms with Crippen molar-refractivity contribution in [2.45, 2.75) is 6.54 Å². The Morgan fingerprint density at radius 2 is 2.00 bits per heavy atom. The van der Waals surface area contributed by atoms with Crippen molar-refractivity contribution in [3.8, 4) is 5.75 Å². The number of ether oxygens (including phenoxy) is 1. The molecule has 3 heterocycles. The Bertz CT molecular complexity index is 572. The number of hydrogen-bond donors (Lipinski definition) is 0. The summed E-state index contributed by atoms with van der Waals surface area (Å²) in [5.74, 6) is 0.814. The van der Waals surface area contributed by atoms with E-state index in [0.717, 1.165) is 43.0 Å². The number of pyridine rings is 1. The molecule has 20 heavy (non-hydrogen) atoms. The van der Waals surface area contributed by atoms with Gasteiger partial charge >= 0.3 is 0 Å². The van der Waals surface area contributed by atoms with E-state index in [1.54, 1.807) is 13.3 Å². The number of hydrogen-bond acceptors (Lipinski definition) is 4. The maximum Gasteiger partial charge on any atom is 0.140 e. The lowest BCUT2D eigenvalue weighted by molar-refractivity contribution is 0.150. The van der Waals surface area contributed by atoms with Gasteiger partial charge in [0.2, 0.25) is 0 Å². The highest BCUT2D eigenvalue weighted by Crippen LogP contribution is 2.19. The van der Waals surface area contributed by atoms with Crippen molar-refractivity contribution >= 4 is 11.0 Å². The Morgan fingerprint density at radius 1 is 1.20 bits per heavy atom. The van der Waals surface area contributed by atoms with Crippen molar-refractivity contribution in [2.75, 3.05) is 46.9 Å². The fraction of sp³-hybridized carbons (Fsp3) is 0.533. The highest BCUT2D eigenvalue weighted by Gasteiger charge is 2.13. The topological polar surface area (TPSA) is 33.5 Å². The molecule has 0 saturated carbocycles. The van der Waals surface area contributed by atoms with E-state index in [1.807, 2.05) is 6.07 Å². The highest BCUT2D eigenvalue weighted by atomic mass is 16.5. The monoisotopic (exact) mass is 274 g/mol. The van der Waals surface area contributed by atoms with E-state index in [9.17, 15) is 0 Å². The first-order valence-corrected chi connectivity index (χ1v) is 7.16. The van der Waals surface area contributed by atoms with Gasteiger partial charge in [0.15, 0.2) is 0 Å². The second kappa shape index (κ2) is 5.81. The first-order chi connectivity index (χ1) is 9.76. The average Bonchev–Trinajstić information content (AvgIpc) is 2.89. The molecular formula is C15H22N4O. The number of fused-ring (bicyclic) bond motifs is 1. The Morgan fingerprint density at radius 3 is 2.75 bits per heavy atom. The summed E-state index contributed by atoms with van der Waals surface area (Å²) < 4.78 is 7.44. The van der Waals surface area contributed by atoms with Crippen LogP contribution in [-0.4, -0.2) is 66.2 Å². The van der Waals surface area contributed by atoms with Gasteiger partial charge in [-0.3, -0.25) is 4.90 Å². The summed E-state index contributed by atoms with van der Waals surface area (Å²) in [5, 5.41) is 1.14. The van der Waals surface area contributed by atoms with Gasteiger partial charge in [-0.2, -0.15) is 0 Å². The standard InChI is InChI=1S/C15H22N4O/c1-17-5-7-18(8-6-17)9-10-19-4-3-13-11-14(20-2)12-16-15(13)19/h3-4,11-12H,5-10H2,1-2H3. The smallest absolute Gasteiger partial charge is 0.140 e. The molecule has 2 aromatic heterocycles. The molecule has 0 amide bonds. The molecule has 2 aromatic rings. The molecule has 0 spiro atoms. The zero-order valence-corrected chi connectivity index (χ0v) is 12.2. The fourth-order valence-corrected chi connectivity index (χ4v) is 2.67. The van der Waals surface area contributed by atoms with Gasteiger partial charge in [-0.05, 0) is 19.2 Å². The van der Waals surface area contributed by atoms with E-state index >= 15 is 0 Å². The second-order valence-electron chi connectivity index (χ2n) is 5.44. The van der Waals surface area contributed by atoms with Gasteiger partial charge in [-0.1, -0.05) is 0 Å². The average molecular weight is 274 g/mol. The van der Waals surface area contributed by atoms with Crippen LogP contribution in [0.15, 0.2) is 24.5 Å². The second-order valence-corrected chi connectivity index (χ2v) is 5.44. The van der Waals surface area contributed by atoms with Crippen LogP contribution in [0.5, 0.6) is 5.75 Å². The van der Waals surface area contributed by atoms with Crippen molar-refractivity contribution in [1.29, 1.82) is 0 Å². The summed E-state index contributed by atoms with van der Waals surface area (Å²) in [7, 11) is 3.86. The third-order valence-electron chi connectivity index (χ3n) is 4.06. The molecule has 5 heteroatoms. The largest absolute Gasteiger partial charge is 0.495 e. The first kappa shape index (κ1) is 13.4. The van der Waals surface area contributed by atoms with Crippen molar-refractivity contribution in [1.82, 2.24) is 19.4 Å². The van der Waals surface area contributed by atoms with Gasteiger partial charge in [0.25, 0.3) is 0 Å². The normalized spacial score (nSPS) is 17.7. The maximum atomic E-state index is 5.21. The molecule has 0 radical (unpaired) electrons. The third kappa shape index (κ3) is 2.78. The number of piperazine rings is 1. The molecule has 0 atom stereocenters. The van der Waals surface area contributed by atoms with Crippen LogP contribution < -0.4 is 4.74 Å². The van der Waals surface area contributed by atoms with Crippen molar-refractivity contribution in [3.05, 3.63) is 24.5 Å². The molecule has 0 aromatic carbocycles. The predicted octanol–water partition coefficient (Wildman–Crippen LogP) is 1.29. The minimum absolute atomic E-state index is 0.814. The number of nitrogens with zero attached hydrogens (tertiary/aromatic N) is 4. The maximum absolute atomic E-state index is 5.21. The van der Waals surface area contributed by atoms with E-state index in [2.05, 4.69) is 38.7 Å². The third-order valence-corrected chi connectivity index (χ3v) is 4.06. The van der Waals surface area contributed by atoms with Crippen LogP contribution in [0.4, 0.5) is 0 Å². The summed E-state index contributed by atoms with van der Waals surface area (Å²) in [6.07, 6.45) is 3.90. The number of rotatable bonds is 4. The zero-order valence-electron chi connectivity index (χ0n) is 12.2. The molecule has 0 bridgehead atoms. The number of methoxy groups -OCH3 is 1. The van der Waals surface area contributed by atoms with Crippen LogP contribution in [0.2, 0.25) is 0 Å². The molecule has 1 saturated heterocycles. The number of aromatic nitrogens is 2. The van der Waals surface area contributed by atoms with E-state index < -0.39 is 0 Å². The predicted molar refractivity (Wildman–Crippen MR) is 80.2 cm³/mol. The lowest BCUT2D eigenvalue weighted by Crippen LogP contribution is -2.45. The molecular weight excluding hydrogens is 252 g/mol. The minimum atomic E-state index is 0.814. The molecule has 0 N–H and O–H groups in total. The molecule has 108 valence electrons. The van der Waals surface area contributed by atoms with Gasteiger partial charge in [0.05, 0.1) is 13.3 Å². The Hall–Kier alpha value is -1.59. The van der Waals surface area contributed by atoms with Gasteiger partial charge < -0.3 is 14.2 Å². The highest BCUT2D eigenvalue weighted by molar-refractivity contribution is 5.77. The summed E-state index contributed by atoms with van der Waals surface area (Å²) >= 11 is 0. The number of likely N-dealkylation sites (N-methyl/N-ethyl adjacent to an activating group) is 1. The van der Waals surface area contributed by atoms with Crippen LogP contribution in [0.3, 0.4) is 0 Å². The Kier molecular flexibility index (Phi) is 3.89. The van der Waals surface area contributed by atoms with Crippen LogP contribution in [-0.2, 0) is 6.54 Å². The van der Waals surface area contributed by atoms with Gasteiger partial charge in [0, 0.05) is 50.9 Å². The molecule has 1 fully saturated rings. The van der Waals surface area contributed by atoms with Crippen LogP contribution in [0.25, 0.3) is 11.0 Å². The van der Waals surface area contributed by atoms with Crippen LogP contribution in [0, 0.1) is 0 Å². The van der Waals surface area contributed by atoms with E-state index in [0.29, 0.717) is 0 Å². The van der Waals surface area contributed by atoms with Crippen LogP contribution in [0.1, 0.15) is 0 Å². The summed E-state index contributed by atoms with van der Waals surface area (Å²) in [6, 6.07) is 4.14. The summed E-state index contributed by atoms with van der Waals surface area (Å²) in [4.78, 5) is 9.41. The quantitative estimate of drug-likeness (QED) is 0.841. The first-order valence-electron chi connectivity index (χ1n) is 7.16. The molecule has 1 aliphatic rings. The fourth-order valence-electron chi connectivity index (χ4n) is 2.67. The molecule has 5 nitrogen and oxygen atoms in total. The molecule has 0 unspecified atom stereocenters. The van der Waals surface area contributed by atoms with Crippen molar-refractivity contribution in [3.63, 3.8) is 0 Å². The van der Waals surface area contributed by atoms with Gasteiger partial charge in [0.1, 0.15) is 11.4 Å². The lowest BCUT2D eigenvalue weighted by atomic mass is 10.3. The molecule has 1 aliphatic heterocycles. The Labute approximate surface area is 119 Å². The van der Waals surface area contributed by atoms with E-state index in [4.69, 9.17) is 4.74 Å². The van der Waals surface area contributed by atoms with Crippen LogP contribution >= 0.6 is 0 Å². The zero-order chi connectivity index (χ0) is 13.9. The Balaban J connectivity index is 1.65. The molecule has 0 aliphatic carbocycles. The van der Waals surface area contributed by atoms with Crippen molar-refractivity contribution < 1.29 is 4.74 Å². The van der Waals surface area contributed by atoms with E-state index in [1.165, 1.54) is 13.1 Å². The van der Waals surface area contributed by atoms with Gasteiger partial charge in [-0.15, -0.1) is 0 Å². The SMILES string of the molecule is COc1cnc2c(ccn2CCN2CCN(C)CC2)c1. The van der Waals surface area contributed by atoms with E-state index in [-0.39, 0.29) is 0 Å². The van der Waals surface area contributed by atoms with Crippen molar-refractivity contribution in [2.24, 2.45) is 0 Å². The molecule has 3 rings (SSSR count). The lowest BCUT2D eigenvalue weighted by Gasteiger charge is -2.32. The minimum Gasteiger partial charge on any atom is -0.495 e. The van der Waals surface area contributed by atoms with Gasteiger partial charge in [-0.25, -0.2) is 4.98 Å².